The molecule has 2 aliphatic heterocycles. The first-order valence-electron chi connectivity index (χ1n) is 8.79. The molecule has 2 aliphatic rings. The van der Waals surface area contributed by atoms with Crippen LogP contribution in [0, 0.1) is 6.92 Å². The second kappa shape index (κ2) is 5.52. The van der Waals surface area contributed by atoms with E-state index in [0.29, 0.717) is 0 Å². The Hall–Kier alpha value is -1.09. The fourth-order valence-electron chi connectivity index (χ4n) is 4.78. The molecule has 4 rings (SSSR count). The molecule has 2 aromatic rings. The van der Waals surface area contributed by atoms with E-state index < -0.39 is 13.3 Å². The summed E-state index contributed by atoms with van der Waals surface area (Å²) in [7, 11) is 2.22. The zero-order valence-electron chi connectivity index (χ0n) is 13.9. The van der Waals surface area contributed by atoms with Crippen LogP contribution < -0.4 is 8.96 Å². The van der Waals surface area contributed by atoms with E-state index in [1.54, 1.807) is 21.3 Å². The Morgan fingerprint density at radius 1 is 1.00 bits per heavy atom. The Morgan fingerprint density at radius 2 is 1.77 bits per heavy atom. The van der Waals surface area contributed by atoms with E-state index in [4.69, 9.17) is 0 Å². The van der Waals surface area contributed by atoms with Gasteiger partial charge in [-0.1, -0.05) is 0 Å². The van der Waals surface area contributed by atoms with Crippen molar-refractivity contribution in [1.29, 1.82) is 0 Å². The van der Waals surface area contributed by atoms with Gasteiger partial charge in [-0.2, -0.15) is 0 Å². The zero-order chi connectivity index (χ0) is 15.2. The van der Waals surface area contributed by atoms with E-state index >= 15 is 0 Å². The third-order valence-electron chi connectivity index (χ3n) is 6.03. The van der Waals surface area contributed by atoms with Crippen molar-refractivity contribution in [1.82, 2.24) is 0 Å². The van der Waals surface area contributed by atoms with Crippen molar-refractivity contribution >= 4 is 17.7 Å². The van der Waals surface area contributed by atoms with Crippen LogP contribution >= 0.6 is 0 Å². The minimum absolute atomic E-state index is 1.36. The summed E-state index contributed by atoms with van der Waals surface area (Å²) in [5, 5.41) is 4.74. The number of benzene rings is 1. The number of nitrogens with zero attached hydrogens (tertiary/aromatic N) is 1. The molecule has 0 radical (unpaired) electrons. The first kappa shape index (κ1) is 14.5. The third-order valence-corrected chi connectivity index (χ3v) is 17.4. The molecule has 114 valence electrons. The predicted molar refractivity (Wildman–Crippen MR) is 95.2 cm³/mol. The van der Waals surface area contributed by atoms with Crippen LogP contribution in [0.4, 0.5) is 0 Å². The topological polar surface area (TPSA) is 3.88 Å². The van der Waals surface area contributed by atoms with Gasteiger partial charge in [0.1, 0.15) is 0 Å². The van der Waals surface area contributed by atoms with Crippen molar-refractivity contribution < 1.29 is 4.57 Å². The summed E-state index contributed by atoms with van der Waals surface area (Å²) in [5.74, 6) is 0. The van der Waals surface area contributed by atoms with Gasteiger partial charge in [-0.05, 0) is 0 Å². The maximum atomic E-state index is 2.61. The van der Waals surface area contributed by atoms with Gasteiger partial charge in [-0.15, -0.1) is 0 Å². The molecule has 0 unspecified atom stereocenters. The van der Waals surface area contributed by atoms with Crippen molar-refractivity contribution in [3.05, 3.63) is 47.7 Å². The Kier molecular flexibility index (Phi) is 3.64. The van der Waals surface area contributed by atoms with Crippen LogP contribution in [-0.2, 0) is 13.5 Å². The number of aromatic nitrogens is 1. The SMILES string of the molecule is Cc1ccccc1-c1c[c]2c(c[n+]1C)C[CH2][Ge]21[CH2]CCC[CH2]1. The number of hydrogen-bond acceptors (Lipinski definition) is 0. The van der Waals surface area contributed by atoms with Crippen LogP contribution in [0.2, 0.25) is 15.8 Å². The van der Waals surface area contributed by atoms with Crippen LogP contribution in [0.25, 0.3) is 11.3 Å². The zero-order valence-corrected chi connectivity index (χ0v) is 16.0. The van der Waals surface area contributed by atoms with E-state index in [2.05, 4.69) is 55.1 Å². The minimum atomic E-state index is -1.74. The van der Waals surface area contributed by atoms with Crippen LogP contribution in [0.5, 0.6) is 0 Å². The monoisotopic (exact) mass is 354 g/mol. The van der Waals surface area contributed by atoms with Crippen LogP contribution in [0.3, 0.4) is 0 Å². The predicted octanol–water partition coefficient (Wildman–Crippen LogP) is 3.88. The van der Waals surface area contributed by atoms with Gasteiger partial charge in [0.05, 0.1) is 0 Å². The van der Waals surface area contributed by atoms with Crippen molar-refractivity contribution in [3.63, 3.8) is 0 Å². The molecule has 1 fully saturated rings. The van der Waals surface area contributed by atoms with Gasteiger partial charge >= 0.3 is 137 Å². The number of rotatable bonds is 1. The fraction of sp³-hybridized carbons (Fsp3) is 0.450. The molecule has 3 heterocycles. The van der Waals surface area contributed by atoms with Crippen molar-refractivity contribution in [2.45, 2.75) is 48.4 Å². The van der Waals surface area contributed by atoms with Crippen LogP contribution in [0.1, 0.15) is 30.4 Å². The molecule has 0 aliphatic carbocycles. The summed E-state index contributed by atoms with van der Waals surface area (Å²) >= 11 is -1.74. The molecule has 1 spiro atoms. The average molecular weight is 353 g/mol. The molecule has 0 amide bonds. The number of pyridine rings is 1. The maximum absolute atomic E-state index is 2.61. The Bertz CT molecular complexity index is 714. The summed E-state index contributed by atoms with van der Waals surface area (Å²) < 4.78 is 4.22. The Balaban J connectivity index is 1.86. The summed E-state index contributed by atoms with van der Waals surface area (Å²) in [5.41, 5.74) is 5.91. The molecule has 1 aromatic heterocycles. The molecule has 0 saturated carbocycles. The molecule has 1 aromatic carbocycles. The van der Waals surface area contributed by atoms with Gasteiger partial charge in [-0.3, -0.25) is 0 Å². The van der Waals surface area contributed by atoms with Gasteiger partial charge < -0.3 is 0 Å². The van der Waals surface area contributed by atoms with Crippen molar-refractivity contribution in [3.8, 4) is 11.3 Å². The van der Waals surface area contributed by atoms with E-state index in [1.165, 1.54) is 42.5 Å². The van der Waals surface area contributed by atoms with Gasteiger partial charge in [0, 0.05) is 0 Å². The molecule has 1 saturated heterocycles. The van der Waals surface area contributed by atoms with E-state index in [0.717, 1.165) is 0 Å². The number of hydrogen-bond donors (Lipinski definition) is 0. The summed E-state index contributed by atoms with van der Waals surface area (Å²) in [6.07, 6.45) is 8.29. The fourth-order valence-corrected chi connectivity index (χ4v) is 16.3. The van der Waals surface area contributed by atoms with E-state index in [9.17, 15) is 0 Å². The molecular weight excluding hydrogens is 327 g/mol. The molecule has 0 bridgehead atoms. The quantitative estimate of drug-likeness (QED) is 0.541. The first-order valence-corrected chi connectivity index (χ1v) is 14.3. The number of aryl methyl sites for hydroxylation is 3. The Morgan fingerprint density at radius 3 is 2.55 bits per heavy atom. The second-order valence-electron chi connectivity index (χ2n) is 7.36. The molecule has 22 heavy (non-hydrogen) atoms. The third kappa shape index (κ3) is 2.25. The Labute approximate surface area is 136 Å². The van der Waals surface area contributed by atoms with Gasteiger partial charge in [-0.25, -0.2) is 0 Å². The number of fused-ring (bicyclic) bond motifs is 2. The molecule has 2 heteroatoms. The molecule has 1 nitrogen and oxygen atoms in total. The normalized spacial score (nSPS) is 19.4. The average Bonchev–Trinajstić information content (AvgIpc) is 2.86. The molecule has 0 atom stereocenters. The van der Waals surface area contributed by atoms with Crippen molar-refractivity contribution in [2.24, 2.45) is 7.05 Å². The molecular formula is C20H26GeN+. The summed E-state index contributed by atoms with van der Waals surface area (Å²) in [4.78, 5) is 0. The van der Waals surface area contributed by atoms with Crippen molar-refractivity contribution in [2.75, 3.05) is 0 Å². The van der Waals surface area contributed by atoms with Gasteiger partial charge in [0.2, 0.25) is 0 Å². The standard InChI is InChI=1S/C20H26GeN/c1-16-8-4-5-9-18(16)20-14-19-17(15-22(20)2)10-13-21(19)11-6-3-7-12-21/h4-5,8-9,14-15H,3,6-7,10-13H2,1-2H3/q+1. The van der Waals surface area contributed by atoms with Crippen LogP contribution in [-0.4, -0.2) is 13.3 Å². The summed E-state index contributed by atoms with van der Waals surface area (Å²) in [6, 6.07) is 11.4. The second-order valence-corrected chi connectivity index (χ2v) is 17.0. The van der Waals surface area contributed by atoms with E-state index in [-0.39, 0.29) is 0 Å². The summed E-state index contributed by atoms with van der Waals surface area (Å²) in [6.45, 7) is 2.24. The first-order chi connectivity index (χ1) is 10.7. The van der Waals surface area contributed by atoms with Gasteiger partial charge in [0.25, 0.3) is 0 Å². The van der Waals surface area contributed by atoms with Gasteiger partial charge in [0.15, 0.2) is 0 Å². The molecule has 0 N–H and O–H groups in total. The van der Waals surface area contributed by atoms with E-state index in [1.807, 2.05) is 4.40 Å². The van der Waals surface area contributed by atoms with Crippen LogP contribution in [0.15, 0.2) is 36.5 Å².